The first kappa shape index (κ1) is 14.3. The number of ether oxygens (including phenoxy) is 2. The molecule has 0 aliphatic carbocycles. The number of amides is 1. The third kappa shape index (κ3) is 4.18. The summed E-state index contributed by atoms with van der Waals surface area (Å²) in [4.78, 5) is 24.4. The highest BCUT2D eigenvalue weighted by Gasteiger charge is 2.28. The van der Waals surface area contributed by atoms with Crippen LogP contribution >= 0.6 is 0 Å². The molecule has 0 aromatic rings. The number of carbonyl (C=O) groups excluding carboxylic acids is 1. The molecule has 0 radical (unpaired) electrons. The zero-order valence-electron chi connectivity index (χ0n) is 11.0. The number of hydrogen-bond donors (Lipinski definition) is 1. The second-order valence-electron chi connectivity index (χ2n) is 5.17. The molecule has 0 aromatic heterocycles. The second-order valence-corrected chi connectivity index (χ2v) is 5.17. The van der Waals surface area contributed by atoms with E-state index in [1.54, 1.807) is 4.90 Å². The van der Waals surface area contributed by atoms with E-state index in [1.165, 1.54) is 0 Å². The van der Waals surface area contributed by atoms with Crippen molar-refractivity contribution >= 4 is 11.9 Å². The van der Waals surface area contributed by atoms with Crippen molar-refractivity contribution in [2.24, 2.45) is 5.92 Å². The lowest BCUT2D eigenvalue weighted by Gasteiger charge is -2.30. The zero-order valence-corrected chi connectivity index (χ0v) is 11.0. The van der Waals surface area contributed by atoms with Gasteiger partial charge in [0.1, 0.15) is 6.61 Å². The number of carbonyl (C=O) groups is 2. The van der Waals surface area contributed by atoms with Crippen LogP contribution in [0, 0.1) is 5.92 Å². The third-order valence-corrected chi connectivity index (χ3v) is 3.68. The van der Waals surface area contributed by atoms with Gasteiger partial charge in [0.15, 0.2) is 0 Å². The summed E-state index contributed by atoms with van der Waals surface area (Å²) in [6, 6.07) is 0. The minimum atomic E-state index is -0.822. The minimum Gasteiger partial charge on any atom is -0.481 e. The Labute approximate surface area is 112 Å². The first-order valence-electron chi connectivity index (χ1n) is 6.86. The highest BCUT2D eigenvalue weighted by Crippen LogP contribution is 2.17. The number of rotatable bonds is 5. The molecule has 2 aliphatic rings. The maximum absolute atomic E-state index is 11.9. The molecule has 2 fully saturated rings. The molecule has 6 nitrogen and oxygen atoms in total. The Bertz CT molecular complexity index is 327. The molecule has 1 amide bonds. The molecule has 108 valence electrons. The van der Waals surface area contributed by atoms with Crippen LogP contribution in [-0.2, 0) is 19.1 Å². The van der Waals surface area contributed by atoms with E-state index in [1.807, 2.05) is 0 Å². The average Bonchev–Trinajstić information content (AvgIpc) is 2.92. The van der Waals surface area contributed by atoms with Crippen molar-refractivity contribution in [1.29, 1.82) is 0 Å². The molecule has 6 heteroatoms. The second kappa shape index (κ2) is 6.86. The summed E-state index contributed by atoms with van der Waals surface area (Å²) >= 11 is 0. The van der Waals surface area contributed by atoms with Crippen LogP contribution < -0.4 is 0 Å². The molecule has 2 atom stereocenters. The fraction of sp³-hybridized carbons (Fsp3) is 0.846. The van der Waals surface area contributed by atoms with Crippen LogP contribution in [0.4, 0.5) is 0 Å². The van der Waals surface area contributed by atoms with Crippen LogP contribution in [0.5, 0.6) is 0 Å². The van der Waals surface area contributed by atoms with E-state index in [9.17, 15) is 9.59 Å². The van der Waals surface area contributed by atoms with E-state index in [-0.39, 0.29) is 18.6 Å². The molecule has 2 rings (SSSR count). The fourth-order valence-electron chi connectivity index (χ4n) is 2.55. The number of likely N-dealkylation sites (tertiary alicyclic amines) is 1. The van der Waals surface area contributed by atoms with Gasteiger partial charge in [-0.1, -0.05) is 0 Å². The van der Waals surface area contributed by atoms with Crippen molar-refractivity contribution in [3.05, 3.63) is 0 Å². The highest BCUT2D eigenvalue weighted by molar-refractivity contribution is 5.79. The summed E-state index contributed by atoms with van der Waals surface area (Å²) in [5.41, 5.74) is 0. The van der Waals surface area contributed by atoms with Gasteiger partial charge in [-0.2, -0.15) is 0 Å². The van der Waals surface area contributed by atoms with E-state index in [2.05, 4.69) is 0 Å². The molecule has 0 spiro atoms. The van der Waals surface area contributed by atoms with E-state index in [4.69, 9.17) is 14.6 Å². The number of carboxylic acids is 1. The van der Waals surface area contributed by atoms with Crippen LogP contribution in [0.2, 0.25) is 0 Å². The molecular weight excluding hydrogens is 250 g/mol. The normalized spacial score (nSPS) is 27.5. The molecule has 1 N–H and O–H groups in total. The maximum atomic E-state index is 11.9. The van der Waals surface area contributed by atoms with Gasteiger partial charge in [0.2, 0.25) is 5.91 Å². The number of nitrogens with zero attached hydrogens (tertiary/aromatic N) is 1. The van der Waals surface area contributed by atoms with Crippen molar-refractivity contribution in [3.8, 4) is 0 Å². The van der Waals surface area contributed by atoms with Crippen LogP contribution in [0.3, 0.4) is 0 Å². The topological polar surface area (TPSA) is 76.1 Å². The number of aliphatic carboxylic acids is 1. The Morgan fingerprint density at radius 2 is 2.16 bits per heavy atom. The van der Waals surface area contributed by atoms with Crippen molar-refractivity contribution < 1.29 is 24.2 Å². The Hall–Kier alpha value is -1.14. The summed E-state index contributed by atoms with van der Waals surface area (Å²) in [6.07, 6.45) is 3.54. The first-order chi connectivity index (χ1) is 9.16. The van der Waals surface area contributed by atoms with Crippen LogP contribution in [-0.4, -0.2) is 60.9 Å². The highest BCUT2D eigenvalue weighted by atomic mass is 16.5. The number of carboxylic acid groups (broad SMARTS) is 1. The molecule has 0 saturated carbocycles. The van der Waals surface area contributed by atoms with Gasteiger partial charge in [0.25, 0.3) is 0 Å². The molecule has 0 aromatic carbocycles. The minimum absolute atomic E-state index is 0.0200. The van der Waals surface area contributed by atoms with Crippen LogP contribution in [0.1, 0.15) is 25.7 Å². The quantitative estimate of drug-likeness (QED) is 0.788. The molecular formula is C13H21NO5. The van der Waals surface area contributed by atoms with Gasteiger partial charge < -0.3 is 19.5 Å². The van der Waals surface area contributed by atoms with Crippen molar-refractivity contribution in [3.63, 3.8) is 0 Å². The Balaban J connectivity index is 1.68. The van der Waals surface area contributed by atoms with Gasteiger partial charge >= 0.3 is 5.97 Å². The van der Waals surface area contributed by atoms with Gasteiger partial charge in [-0.05, 0) is 25.7 Å². The van der Waals surface area contributed by atoms with Gasteiger partial charge in [-0.25, -0.2) is 0 Å². The van der Waals surface area contributed by atoms with Crippen LogP contribution in [0.25, 0.3) is 0 Å². The van der Waals surface area contributed by atoms with Crippen molar-refractivity contribution in [2.75, 3.05) is 32.9 Å². The van der Waals surface area contributed by atoms with Gasteiger partial charge in [-0.15, -0.1) is 0 Å². The third-order valence-electron chi connectivity index (χ3n) is 3.68. The molecule has 0 unspecified atom stereocenters. The number of piperidine rings is 1. The predicted octanol–water partition coefficient (Wildman–Crippen LogP) is 0.505. The van der Waals surface area contributed by atoms with Gasteiger partial charge in [0, 0.05) is 19.7 Å². The molecule has 0 bridgehead atoms. The van der Waals surface area contributed by atoms with Gasteiger partial charge in [-0.3, -0.25) is 9.59 Å². The Morgan fingerprint density at radius 3 is 2.84 bits per heavy atom. The van der Waals surface area contributed by atoms with Gasteiger partial charge in [0.05, 0.1) is 18.6 Å². The van der Waals surface area contributed by atoms with E-state index in [0.717, 1.165) is 25.9 Å². The lowest BCUT2D eigenvalue weighted by Crippen LogP contribution is -2.44. The summed E-state index contributed by atoms with van der Waals surface area (Å²) in [5.74, 6) is -1.38. The van der Waals surface area contributed by atoms with E-state index >= 15 is 0 Å². The molecule has 19 heavy (non-hydrogen) atoms. The maximum Gasteiger partial charge on any atom is 0.308 e. The van der Waals surface area contributed by atoms with Crippen LogP contribution in [0.15, 0.2) is 0 Å². The monoisotopic (exact) mass is 271 g/mol. The SMILES string of the molecule is O=C(O)[C@H]1CCCN(C(=O)COC[C@@H]2CCCO2)C1. The van der Waals surface area contributed by atoms with E-state index < -0.39 is 11.9 Å². The average molecular weight is 271 g/mol. The Morgan fingerprint density at radius 1 is 1.32 bits per heavy atom. The molecule has 2 saturated heterocycles. The zero-order chi connectivity index (χ0) is 13.7. The summed E-state index contributed by atoms with van der Waals surface area (Å²) in [5, 5.41) is 8.97. The first-order valence-corrected chi connectivity index (χ1v) is 6.86. The smallest absolute Gasteiger partial charge is 0.308 e. The van der Waals surface area contributed by atoms with E-state index in [0.29, 0.717) is 26.1 Å². The fourth-order valence-corrected chi connectivity index (χ4v) is 2.55. The summed E-state index contributed by atoms with van der Waals surface area (Å²) < 4.78 is 10.8. The predicted molar refractivity (Wildman–Crippen MR) is 66.7 cm³/mol. The van der Waals surface area contributed by atoms with Crippen molar-refractivity contribution in [2.45, 2.75) is 31.8 Å². The largest absolute Gasteiger partial charge is 0.481 e. The Kier molecular flexibility index (Phi) is 5.15. The lowest BCUT2D eigenvalue weighted by atomic mass is 9.98. The molecule has 2 aliphatic heterocycles. The summed E-state index contributed by atoms with van der Waals surface area (Å²) in [7, 11) is 0. The lowest BCUT2D eigenvalue weighted by molar-refractivity contribution is -0.147. The number of hydrogen-bond acceptors (Lipinski definition) is 4. The summed E-state index contributed by atoms with van der Waals surface area (Å²) in [6.45, 7) is 2.17. The standard InChI is InChI=1S/C13H21NO5/c15-12(9-18-8-11-4-2-6-19-11)14-5-1-3-10(7-14)13(16)17/h10-11H,1-9H2,(H,16,17)/t10-,11-/m0/s1. The molecule has 2 heterocycles. The van der Waals surface area contributed by atoms with Crippen molar-refractivity contribution in [1.82, 2.24) is 4.90 Å².